The van der Waals surface area contributed by atoms with Crippen LogP contribution in [0.4, 0.5) is 0 Å². The number of esters is 2. The average Bonchev–Trinajstić information content (AvgIpc) is 3.00. The quantitative estimate of drug-likeness (QED) is 0.0310. The number of carbonyl (C=O) groups is 2. The van der Waals surface area contributed by atoms with E-state index in [-0.39, 0.29) is 44.8 Å². The lowest BCUT2D eigenvalue weighted by atomic mass is 9.83. The Balaban J connectivity index is 1.81. The number of fused-ring (bicyclic) bond motifs is 1. The predicted molar refractivity (Wildman–Crippen MR) is 183 cm³/mol. The first-order chi connectivity index (χ1) is 21.9. The van der Waals surface area contributed by atoms with Crippen molar-refractivity contribution in [2.45, 2.75) is 144 Å². The van der Waals surface area contributed by atoms with Gasteiger partial charge in [-0.3, -0.25) is 9.59 Å². The number of hydrogen-bond acceptors (Lipinski definition) is 7. The summed E-state index contributed by atoms with van der Waals surface area (Å²) in [5, 5.41) is 3.36. The molecule has 0 amide bonds. The summed E-state index contributed by atoms with van der Waals surface area (Å²) in [6.45, 7) is 18.4. The molecule has 260 valence electrons. The lowest BCUT2D eigenvalue weighted by Crippen LogP contribution is -2.37. The van der Waals surface area contributed by atoms with E-state index in [0.29, 0.717) is 5.75 Å². The molecule has 1 aromatic rings. The minimum atomic E-state index is -0.491. The summed E-state index contributed by atoms with van der Waals surface area (Å²) in [5.41, 5.74) is 12.0. The Bertz CT molecular complexity index is 1160. The summed E-state index contributed by atoms with van der Waals surface area (Å²) in [6.07, 6.45) is 13.2. The molecule has 46 heavy (non-hydrogen) atoms. The highest BCUT2D eigenvalue weighted by Gasteiger charge is 2.35. The highest BCUT2D eigenvalue weighted by atomic mass is 16.6. The molecule has 1 aromatic carbocycles. The van der Waals surface area contributed by atoms with Crippen LogP contribution in [0.3, 0.4) is 0 Å². The number of hydrogen-bond donors (Lipinski definition) is 0. The van der Waals surface area contributed by atoms with Crippen molar-refractivity contribution in [3.63, 3.8) is 0 Å². The van der Waals surface area contributed by atoms with Crippen molar-refractivity contribution >= 4 is 11.9 Å². The minimum Gasteiger partial charge on any atom is -0.487 e. The molecule has 0 fully saturated rings. The maximum Gasteiger partial charge on any atom is 0.311 e. The second-order valence-electron chi connectivity index (χ2n) is 14.2. The van der Waals surface area contributed by atoms with Gasteiger partial charge in [-0.1, -0.05) is 77.8 Å². The fourth-order valence-electron chi connectivity index (χ4n) is 6.32. The Morgan fingerprint density at radius 3 is 2.15 bits per heavy atom. The van der Waals surface area contributed by atoms with Crippen molar-refractivity contribution in [1.82, 2.24) is 0 Å². The lowest BCUT2D eigenvalue weighted by molar-refractivity contribution is -0.148. The summed E-state index contributed by atoms with van der Waals surface area (Å²) in [7, 11) is 0. The van der Waals surface area contributed by atoms with Crippen molar-refractivity contribution in [3.05, 3.63) is 32.7 Å². The van der Waals surface area contributed by atoms with Gasteiger partial charge in [0.05, 0.1) is 26.1 Å². The molecule has 2 rings (SSSR count). The third-order valence-electron chi connectivity index (χ3n) is 9.48. The van der Waals surface area contributed by atoms with Crippen molar-refractivity contribution in [2.75, 3.05) is 26.4 Å². The van der Waals surface area contributed by atoms with Crippen LogP contribution < -0.4 is 9.47 Å². The van der Waals surface area contributed by atoms with Crippen molar-refractivity contribution in [3.8, 4) is 11.5 Å². The zero-order chi connectivity index (χ0) is 34.1. The first-order valence-electron chi connectivity index (χ1n) is 17.6. The third-order valence-corrected chi connectivity index (χ3v) is 9.48. The van der Waals surface area contributed by atoms with Crippen LogP contribution >= 0.6 is 0 Å². The highest BCUT2D eigenvalue weighted by Crippen LogP contribution is 2.45. The fourth-order valence-corrected chi connectivity index (χ4v) is 6.32. The minimum absolute atomic E-state index is 0.0719. The normalized spacial score (nSPS) is 17.1. The fraction of sp³-hybridized carbons (Fsp3) is 0.784. The summed E-state index contributed by atoms with van der Waals surface area (Å²) < 4.78 is 22.9. The molecular weight excluding hydrogens is 582 g/mol. The Labute approximate surface area is 278 Å². The van der Waals surface area contributed by atoms with Crippen molar-refractivity contribution < 1.29 is 28.5 Å². The maximum atomic E-state index is 12.7. The monoisotopic (exact) mass is 643 g/mol. The van der Waals surface area contributed by atoms with Crippen molar-refractivity contribution in [2.24, 2.45) is 22.9 Å². The van der Waals surface area contributed by atoms with Gasteiger partial charge in [0.25, 0.3) is 0 Å². The average molecular weight is 644 g/mol. The van der Waals surface area contributed by atoms with Crippen LogP contribution in [0.5, 0.6) is 11.5 Å². The number of ether oxygens (including phenoxy) is 4. The van der Waals surface area contributed by atoms with Crippen LogP contribution in [-0.4, -0.2) is 43.9 Å². The molecule has 0 radical (unpaired) electrons. The molecule has 0 saturated carbocycles. The molecule has 0 saturated heterocycles. The molecule has 0 bridgehead atoms. The molecule has 3 atom stereocenters. The number of benzene rings is 1. The van der Waals surface area contributed by atoms with E-state index in [0.717, 1.165) is 71.4 Å². The molecule has 0 unspecified atom stereocenters. The number of azide groups is 1. The van der Waals surface area contributed by atoms with E-state index < -0.39 is 11.9 Å². The Hall–Kier alpha value is -2.77. The van der Waals surface area contributed by atoms with Gasteiger partial charge in [0.15, 0.2) is 0 Å². The Kier molecular flexibility index (Phi) is 17.5. The van der Waals surface area contributed by atoms with Crippen LogP contribution in [0, 0.1) is 38.5 Å². The first-order valence-corrected chi connectivity index (χ1v) is 17.6. The van der Waals surface area contributed by atoms with Gasteiger partial charge in [-0.25, -0.2) is 0 Å². The van der Waals surface area contributed by atoms with E-state index in [1.54, 1.807) is 0 Å². The van der Waals surface area contributed by atoms with E-state index in [2.05, 4.69) is 44.6 Å². The molecule has 0 spiro atoms. The predicted octanol–water partition coefficient (Wildman–Crippen LogP) is 9.69. The van der Waals surface area contributed by atoms with Gasteiger partial charge < -0.3 is 18.9 Å². The van der Waals surface area contributed by atoms with E-state index >= 15 is 0 Å². The SMILES string of the molecule is Cc1c(C)c2c(c(C)c1OC(=O)CCC(=O)OCCOCCN=[N+]=[N-])CC[C@@](C)(CCC[C@H](C)CCC[C@H](C)CCCC(C)C)O2. The van der Waals surface area contributed by atoms with Gasteiger partial charge in [-0.05, 0) is 93.4 Å². The van der Waals surface area contributed by atoms with Crippen molar-refractivity contribution in [1.29, 1.82) is 0 Å². The molecule has 1 heterocycles. The largest absolute Gasteiger partial charge is 0.487 e. The van der Waals surface area contributed by atoms with Gasteiger partial charge in [-0.15, -0.1) is 0 Å². The number of rotatable bonds is 22. The molecule has 1 aliphatic heterocycles. The van der Waals surface area contributed by atoms with Gasteiger partial charge in [0, 0.05) is 17.0 Å². The molecule has 1 aliphatic rings. The first kappa shape index (κ1) is 39.4. The number of nitrogens with zero attached hydrogens (tertiary/aromatic N) is 3. The van der Waals surface area contributed by atoms with Crippen LogP contribution in [0.25, 0.3) is 10.4 Å². The third kappa shape index (κ3) is 13.9. The highest BCUT2D eigenvalue weighted by molar-refractivity contribution is 5.80. The summed E-state index contributed by atoms with van der Waals surface area (Å²) in [4.78, 5) is 27.4. The molecular formula is C37H61N3O6. The van der Waals surface area contributed by atoms with Crippen LogP contribution in [-0.2, 0) is 25.5 Å². The molecule has 0 aromatic heterocycles. The van der Waals surface area contributed by atoms with E-state index in [1.807, 2.05) is 20.8 Å². The molecule has 0 N–H and O–H groups in total. The zero-order valence-corrected chi connectivity index (χ0v) is 30.0. The summed E-state index contributed by atoms with van der Waals surface area (Å²) in [6, 6.07) is 0. The summed E-state index contributed by atoms with van der Waals surface area (Å²) in [5.74, 6) is 2.94. The van der Waals surface area contributed by atoms with Gasteiger partial charge in [-0.2, -0.15) is 0 Å². The van der Waals surface area contributed by atoms with E-state index in [4.69, 9.17) is 24.5 Å². The smallest absolute Gasteiger partial charge is 0.311 e. The molecule has 0 aliphatic carbocycles. The maximum absolute atomic E-state index is 12.7. The van der Waals surface area contributed by atoms with Crippen LogP contribution in [0.1, 0.15) is 134 Å². The van der Waals surface area contributed by atoms with Gasteiger partial charge in [0.2, 0.25) is 0 Å². The molecule has 9 nitrogen and oxygen atoms in total. The zero-order valence-electron chi connectivity index (χ0n) is 30.0. The summed E-state index contributed by atoms with van der Waals surface area (Å²) >= 11 is 0. The van der Waals surface area contributed by atoms with Crippen LogP contribution in [0.2, 0.25) is 0 Å². The van der Waals surface area contributed by atoms with E-state index in [9.17, 15) is 9.59 Å². The second kappa shape index (κ2) is 20.5. The molecule has 9 heteroatoms. The Morgan fingerprint density at radius 2 is 1.50 bits per heavy atom. The standard InChI is InChI=1S/C37H61N3O6/c1-26(2)12-9-13-27(3)14-10-15-28(4)16-11-20-37(8)21-19-32-31(7)35(29(5)30(6)36(32)46-37)45-34(42)18-17-33(41)44-25-24-43-23-22-39-40-38/h26-28H,9-25H2,1-8H3/t27-,28-,37-/m1/s1. The Morgan fingerprint density at radius 1 is 0.870 bits per heavy atom. The second-order valence-corrected chi connectivity index (χ2v) is 14.2. The topological polar surface area (TPSA) is 120 Å². The van der Waals surface area contributed by atoms with Gasteiger partial charge >= 0.3 is 11.9 Å². The van der Waals surface area contributed by atoms with E-state index in [1.165, 1.54) is 44.9 Å². The number of carbonyl (C=O) groups excluding carboxylic acids is 2. The van der Waals surface area contributed by atoms with Gasteiger partial charge in [0.1, 0.15) is 23.7 Å². The lowest BCUT2D eigenvalue weighted by Gasteiger charge is -2.38. The van der Waals surface area contributed by atoms with Crippen LogP contribution in [0.15, 0.2) is 5.11 Å².